The van der Waals surface area contributed by atoms with E-state index in [0.29, 0.717) is 23.8 Å². The zero-order valence-electron chi connectivity index (χ0n) is 13.5. The van der Waals surface area contributed by atoms with E-state index in [0.717, 1.165) is 32.7 Å². The number of aromatic nitrogens is 2. The maximum Gasteiger partial charge on any atom is 0.310 e. The Hall–Kier alpha value is -1.89. The van der Waals surface area contributed by atoms with Gasteiger partial charge in [0.15, 0.2) is 0 Å². The molecule has 1 aliphatic heterocycles. The molecule has 7 heteroatoms. The summed E-state index contributed by atoms with van der Waals surface area (Å²) in [4.78, 5) is 35.5. The molecule has 1 N–H and O–H groups in total. The fourth-order valence-corrected chi connectivity index (χ4v) is 2.59. The smallest absolute Gasteiger partial charge is 0.310 e. The molecule has 0 aromatic carbocycles. The summed E-state index contributed by atoms with van der Waals surface area (Å²) in [7, 11) is 0. The summed E-state index contributed by atoms with van der Waals surface area (Å²) in [6, 6.07) is 0. The molecule has 2 heterocycles. The van der Waals surface area contributed by atoms with Crippen molar-refractivity contribution < 1.29 is 9.53 Å². The van der Waals surface area contributed by atoms with Crippen LogP contribution in [0.2, 0.25) is 0 Å². The minimum Gasteiger partial charge on any atom is -0.466 e. The zero-order valence-corrected chi connectivity index (χ0v) is 13.5. The van der Waals surface area contributed by atoms with Gasteiger partial charge in [-0.15, -0.1) is 0 Å². The van der Waals surface area contributed by atoms with Crippen molar-refractivity contribution in [2.75, 3.05) is 44.2 Å². The van der Waals surface area contributed by atoms with Crippen molar-refractivity contribution >= 4 is 11.9 Å². The van der Waals surface area contributed by atoms with Crippen molar-refractivity contribution in [3.05, 3.63) is 21.6 Å². The van der Waals surface area contributed by atoms with Gasteiger partial charge in [-0.25, -0.2) is 4.98 Å². The number of hydrogen-bond acceptors (Lipinski definition) is 6. The van der Waals surface area contributed by atoms with Gasteiger partial charge in [-0.05, 0) is 20.4 Å². The fourth-order valence-electron chi connectivity index (χ4n) is 2.59. The van der Waals surface area contributed by atoms with Gasteiger partial charge < -0.3 is 14.5 Å². The molecular weight excluding hydrogens is 284 g/mol. The molecule has 0 bridgehead atoms. The van der Waals surface area contributed by atoms with Crippen LogP contribution in [0.4, 0.5) is 5.95 Å². The van der Waals surface area contributed by atoms with Crippen molar-refractivity contribution in [1.29, 1.82) is 0 Å². The average Bonchev–Trinajstić information content (AvgIpc) is 2.51. The predicted molar refractivity (Wildman–Crippen MR) is 84.3 cm³/mol. The van der Waals surface area contributed by atoms with Crippen molar-refractivity contribution in [1.82, 2.24) is 14.9 Å². The molecule has 122 valence electrons. The second-order valence-corrected chi connectivity index (χ2v) is 5.36. The van der Waals surface area contributed by atoms with Gasteiger partial charge in [0, 0.05) is 31.7 Å². The first-order valence-corrected chi connectivity index (χ1v) is 7.77. The number of piperazine rings is 1. The molecule has 1 aliphatic rings. The maximum absolute atomic E-state index is 12.2. The van der Waals surface area contributed by atoms with Crippen molar-refractivity contribution in [3.8, 4) is 0 Å². The standard InChI is InChI=1S/C15H24N4O3/c1-4-18-6-8-19(9-7-18)15-16-11(3)12(14(21)17-15)10-13(20)22-5-2/h4-10H2,1-3H3,(H,16,17,21). The highest BCUT2D eigenvalue weighted by Crippen LogP contribution is 2.12. The van der Waals surface area contributed by atoms with Crippen molar-refractivity contribution in [2.24, 2.45) is 0 Å². The number of hydrogen-bond donors (Lipinski definition) is 1. The number of aromatic amines is 1. The molecule has 7 nitrogen and oxygen atoms in total. The number of carbonyl (C=O) groups excluding carboxylic acids is 1. The molecule has 1 saturated heterocycles. The molecule has 0 spiro atoms. The van der Waals surface area contributed by atoms with Crippen LogP contribution in [-0.4, -0.2) is 60.2 Å². The molecule has 0 radical (unpaired) electrons. The van der Waals surface area contributed by atoms with Gasteiger partial charge in [0.25, 0.3) is 5.56 Å². The van der Waals surface area contributed by atoms with Crippen LogP contribution in [0.25, 0.3) is 0 Å². The Bertz CT molecular complexity index is 577. The van der Waals surface area contributed by atoms with Crippen LogP contribution < -0.4 is 10.5 Å². The second kappa shape index (κ2) is 7.40. The van der Waals surface area contributed by atoms with Gasteiger partial charge >= 0.3 is 5.97 Å². The Kier molecular flexibility index (Phi) is 5.54. The van der Waals surface area contributed by atoms with Crippen LogP contribution in [-0.2, 0) is 16.0 Å². The average molecular weight is 308 g/mol. The summed E-state index contributed by atoms with van der Waals surface area (Å²) >= 11 is 0. The number of nitrogens with zero attached hydrogens (tertiary/aromatic N) is 3. The van der Waals surface area contributed by atoms with Gasteiger partial charge in [-0.3, -0.25) is 14.6 Å². The molecule has 22 heavy (non-hydrogen) atoms. The number of esters is 1. The minimum absolute atomic E-state index is 0.0358. The Morgan fingerprint density at radius 3 is 2.50 bits per heavy atom. The Balaban J connectivity index is 2.13. The summed E-state index contributed by atoms with van der Waals surface area (Å²) < 4.78 is 4.89. The van der Waals surface area contributed by atoms with Gasteiger partial charge in [0.05, 0.1) is 18.7 Å². The van der Waals surface area contributed by atoms with E-state index in [2.05, 4.69) is 26.7 Å². The van der Waals surface area contributed by atoms with Crippen LogP contribution >= 0.6 is 0 Å². The van der Waals surface area contributed by atoms with Crippen molar-refractivity contribution in [3.63, 3.8) is 0 Å². The lowest BCUT2D eigenvalue weighted by Crippen LogP contribution is -2.47. The van der Waals surface area contributed by atoms with E-state index in [4.69, 9.17) is 4.74 Å². The summed E-state index contributed by atoms with van der Waals surface area (Å²) in [6.45, 7) is 10.6. The summed E-state index contributed by atoms with van der Waals surface area (Å²) in [5.41, 5.74) is 0.715. The Morgan fingerprint density at radius 1 is 1.27 bits per heavy atom. The third-order valence-corrected chi connectivity index (χ3v) is 3.96. The second-order valence-electron chi connectivity index (χ2n) is 5.36. The van der Waals surface area contributed by atoms with Gasteiger partial charge in [0.1, 0.15) is 0 Å². The molecule has 0 unspecified atom stereocenters. The molecule has 1 fully saturated rings. The number of carbonyl (C=O) groups is 1. The summed E-state index contributed by atoms with van der Waals surface area (Å²) in [5, 5.41) is 0. The van der Waals surface area contributed by atoms with E-state index < -0.39 is 5.97 Å². The van der Waals surface area contributed by atoms with E-state index in [9.17, 15) is 9.59 Å². The topological polar surface area (TPSA) is 78.5 Å². The Morgan fingerprint density at radius 2 is 1.95 bits per heavy atom. The van der Waals surface area contributed by atoms with Crippen LogP contribution in [0.3, 0.4) is 0 Å². The number of ether oxygens (including phenoxy) is 1. The predicted octanol–water partition coefficient (Wildman–Crippen LogP) is 0.326. The highest BCUT2D eigenvalue weighted by atomic mass is 16.5. The number of H-pyrrole nitrogens is 1. The van der Waals surface area contributed by atoms with Crippen LogP contribution in [0.5, 0.6) is 0 Å². The lowest BCUT2D eigenvalue weighted by atomic mass is 10.2. The third-order valence-electron chi connectivity index (χ3n) is 3.96. The highest BCUT2D eigenvalue weighted by molar-refractivity contribution is 5.72. The number of aryl methyl sites for hydroxylation is 1. The largest absolute Gasteiger partial charge is 0.466 e. The molecule has 1 aromatic heterocycles. The lowest BCUT2D eigenvalue weighted by Gasteiger charge is -2.34. The number of likely N-dealkylation sites (N-methyl/N-ethyl adjacent to an activating group) is 1. The first kappa shape index (κ1) is 16.5. The zero-order chi connectivity index (χ0) is 16.1. The highest BCUT2D eigenvalue weighted by Gasteiger charge is 2.20. The van der Waals surface area contributed by atoms with Crippen LogP contribution in [0, 0.1) is 6.92 Å². The first-order valence-electron chi connectivity index (χ1n) is 7.77. The Labute approximate surface area is 130 Å². The van der Waals surface area contributed by atoms with E-state index in [1.165, 1.54) is 0 Å². The summed E-state index contributed by atoms with van der Waals surface area (Å²) in [5.74, 6) is 0.188. The van der Waals surface area contributed by atoms with Crippen molar-refractivity contribution in [2.45, 2.75) is 27.2 Å². The molecular formula is C15H24N4O3. The molecule has 1 aromatic rings. The maximum atomic E-state index is 12.2. The third kappa shape index (κ3) is 3.85. The number of anilines is 1. The lowest BCUT2D eigenvalue weighted by molar-refractivity contribution is -0.142. The van der Waals surface area contributed by atoms with E-state index >= 15 is 0 Å². The molecule has 0 atom stereocenters. The number of rotatable bonds is 5. The minimum atomic E-state index is -0.401. The molecule has 0 aliphatic carbocycles. The fraction of sp³-hybridized carbons (Fsp3) is 0.667. The van der Waals surface area contributed by atoms with Crippen LogP contribution in [0.15, 0.2) is 4.79 Å². The van der Waals surface area contributed by atoms with Crippen LogP contribution in [0.1, 0.15) is 25.1 Å². The van der Waals surface area contributed by atoms with Gasteiger partial charge in [0.2, 0.25) is 5.95 Å². The first-order chi connectivity index (χ1) is 10.5. The van der Waals surface area contributed by atoms with E-state index in [-0.39, 0.29) is 12.0 Å². The molecule has 0 saturated carbocycles. The SMILES string of the molecule is CCOC(=O)Cc1c(C)nc(N2CCN(CC)CC2)[nH]c1=O. The molecule has 0 amide bonds. The number of nitrogens with one attached hydrogen (secondary N) is 1. The van der Waals surface area contributed by atoms with E-state index in [1.807, 2.05) is 0 Å². The summed E-state index contributed by atoms with van der Waals surface area (Å²) in [6.07, 6.45) is -0.0358. The van der Waals surface area contributed by atoms with Gasteiger partial charge in [-0.1, -0.05) is 6.92 Å². The van der Waals surface area contributed by atoms with E-state index in [1.54, 1.807) is 13.8 Å². The normalized spacial score (nSPS) is 15.9. The van der Waals surface area contributed by atoms with Gasteiger partial charge in [-0.2, -0.15) is 0 Å². The quantitative estimate of drug-likeness (QED) is 0.790. The molecule has 2 rings (SSSR count). The monoisotopic (exact) mass is 308 g/mol.